The predicted octanol–water partition coefficient (Wildman–Crippen LogP) is -1.10. The second-order valence-corrected chi connectivity index (χ2v) is 5.13. The molecular weight excluding hydrogens is 276 g/mol. The minimum atomic E-state index is -1.44. The first kappa shape index (κ1) is 14.3. The Morgan fingerprint density at radius 3 is 2.43 bits per heavy atom. The molecule has 1 atom stereocenters. The average Bonchev–Trinajstić information content (AvgIpc) is 2.56. The second kappa shape index (κ2) is 6.00. The number of carboxylic acid groups (broad SMARTS) is 1. The van der Waals surface area contributed by atoms with Crippen LogP contribution in [0.4, 0.5) is 0 Å². The Kier molecular flexibility index (Phi) is 4.09. The van der Waals surface area contributed by atoms with E-state index in [0.717, 1.165) is 18.9 Å². The van der Waals surface area contributed by atoms with Crippen LogP contribution in [0.25, 0.3) is 0 Å². The number of nitrogens with one attached hydrogen (secondary N) is 1. The number of morpholine rings is 2. The van der Waals surface area contributed by atoms with Gasteiger partial charge in [-0.15, -0.1) is 0 Å². The summed E-state index contributed by atoms with van der Waals surface area (Å²) >= 11 is 0. The molecule has 3 rings (SSSR count). The summed E-state index contributed by atoms with van der Waals surface area (Å²) in [5.74, 6) is -1.66. The van der Waals surface area contributed by atoms with Gasteiger partial charge in [0.2, 0.25) is 0 Å². The number of rotatable bonds is 3. The van der Waals surface area contributed by atoms with E-state index in [1.807, 2.05) is 11.0 Å². The Balaban J connectivity index is 1.80. The van der Waals surface area contributed by atoms with Crippen LogP contribution in [-0.4, -0.2) is 85.5 Å². The molecule has 0 amide bonds. The number of carbonyl (C=O) groups is 1. The van der Waals surface area contributed by atoms with Crippen molar-refractivity contribution in [2.24, 2.45) is 4.99 Å². The fourth-order valence-electron chi connectivity index (χ4n) is 2.75. The van der Waals surface area contributed by atoms with Crippen molar-refractivity contribution in [1.29, 1.82) is 0 Å². The van der Waals surface area contributed by atoms with E-state index in [1.165, 1.54) is 0 Å². The lowest BCUT2D eigenvalue weighted by Gasteiger charge is -2.44. The van der Waals surface area contributed by atoms with Gasteiger partial charge in [-0.25, -0.2) is 14.7 Å². The average molecular weight is 296 g/mol. The van der Waals surface area contributed by atoms with E-state index in [2.05, 4.69) is 15.2 Å². The van der Waals surface area contributed by atoms with Crippen molar-refractivity contribution in [3.8, 4) is 0 Å². The lowest BCUT2D eigenvalue weighted by atomic mass is 10.2. The Labute approximate surface area is 123 Å². The van der Waals surface area contributed by atoms with Crippen molar-refractivity contribution >= 4 is 12.2 Å². The molecule has 0 aromatic rings. The highest BCUT2D eigenvalue weighted by molar-refractivity contribution is 5.84. The third-order valence-corrected chi connectivity index (χ3v) is 3.91. The van der Waals surface area contributed by atoms with Gasteiger partial charge in [0.15, 0.2) is 0 Å². The normalized spacial score (nSPS) is 30.7. The lowest BCUT2D eigenvalue weighted by Crippen LogP contribution is -2.67. The standard InChI is InChI=1S/C13H20N4O4/c18-12(19)13(17-5-9-21-10-6-17)14-2-1-11(15-13)16-3-7-20-8-4-16/h1-2,15H,3-10H2,(H,18,19). The Morgan fingerprint density at radius 1 is 1.19 bits per heavy atom. The molecule has 2 saturated heterocycles. The quantitative estimate of drug-likeness (QED) is 0.684. The van der Waals surface area contributed by atoms with Gasteiger partial charge in [-0.1, -0.05) is 0 Å². The van der Waals surface area contributed by atoms with Crippen molar-refractivity contribution < 1.29 is 19.4 Å². The zero-order valence-corrected chi connectivity index (χ0v) is 11.8. The van der Waals surface area contributed by atoms with Gasteiger partial charge in [0.25, 0.3) is 5.79 Å². The van der Waals surface area contributed by atoms with Crippen molar-refractivity contribution in [1.82, 2.24) is 15.1 Å². The third-order valence-electron chi connectivity index (χ3n) is 3.91. The molecule has 2 N–H and O–H groups in total. The fraction of sp³-hybridized carbons (Fsp3) is 0.692. The molecule has 0 aromatic heterocycles. The van der Waals surface area contributed by atoms with E-state index in [0.29, 0.717) is 39.5 Å². The summed E-state index contributed by atoms with van der Waals surface area (Å²) in [5, 5.41) is 12.8. The van der Waals surface area contributed by atoms with Crippen LogP contribution in [0.2, 0.25) is 0 Å². The summed E-state index contributed by atoms with van der Waals surface area (Å²) < 4.78 is 10.6. The largest absolute Gasteiger partial charge is 0.477 e. The molecule has 8 nitrogen and oxygen atoms in total. The van der Waals surface area contributed by atoms with E-state index in [9.17, 15) is 9.90 Å². The minimum absolute atomic E-state index is 0.517. The number of allylic oxidation sites excluding steroid dienone is 1. The maximum atomic E-state index is 11.9. The number of hydrogen-bond acceptors (Lipinski definition) is 7. The molecule has 2 fully saturated rings. The summed E-state index contributed by atoms with van der Waals surface area (Å²) in [6, 6.07) is 0. The number of aliphatic carboxylic acids is 1. The Bertz CT molecular complexity index is 455. The third kappa shape index (κ3) is 2.74. The molecule has 3 heterocycles. The maximum absolute atomic E-state index is 11.9. The lowest BCUT2D eigenvalue weighted by molar-refractivity contribution is -0.157. The summed E-state index contributed by atoms with van der Waals surface area (Å²) in [4.78, 5) is 20.0. The second-order valence-electron chi connectivity index (χ2n) is 5.13. The maximum Gasteiger partial charge on any atom is 0.369 e. The molecular formula is C13H20N4O4. The Morgan fingerprint density at radius 2 is 1.81 bits per heavy atom. The monoisotopic (exact) mass is 296 g/mol. The van der Waals surface area contributed by atoms with Crippen LogP contribution in [-0.2, 0) is 14.3 Å². The Hall–Kier alpha value is -1.64. The van der Waals surface area contributed by atoms with Crippen molar-refractivity contribution in [3.05, 3.63) is 11.9 Å². The van der Waals surface area contributed by atoms with Crippen LogP contribution < -0.4 is 5.32 Å². The summed E-state index contributed by atoms with van der Waals surface area (Å²) in [7, 11) is 0. The van der Waals surface area contributed by atoms with E-state index >= 15 is 0 Å². The summed E-state index contributed by atoms with van der Waals surface area (Å²) in [5.41, 5.74) is 0. The van der Waals surface area contributed by atoms with Crippen LogP contribution in [0, 0.1) is 0 Å². The molecule has 0 aromatic carbocycles. The van der Waals surface area contributed by atoms with Crippen molar-refractivity contribution in [2.45, 2.75) is 5.79 Å². The molecule has 0 saturated carbocycles. The molecule has 0 aliphatic carbocycles. The number of carboxylic acids is 1. The minimum Gasteiger partial charge on any atom is -0.477 e. The summed E-state index contributed by atoms with van der Waals surface area (Å²) in [6.45, 7) is 4.88. The van der Waals surface area contributed by atoms with E-state index in [1.54, 1.807) is 6.21 Å². The van der Waals surface area contributed by atoms with E-state index in [-0.39, 0.29) is 0 Å². The molecule has 0 bridgehead atoms. The van der Waals surface area contributed by atoms with Crippen molar-refractivity contribution in [3.63, 3.8) is 0 Å². The smallest absolute Gasteiger partial charge is 0.369 e. The zero-order valence-electron chi connectivity index (χ0n) is 11.8. The van der Waals surface area contributed by atoms with Crippen LogP contribution in [0.3, 0.4) is 0 Å². The SMILES string of the molecule is O=C(O)C1(N2CCOCC2)N=CC=C(N2CCOCC2)N1. The predicted molar refractivity (Wildman–Crippen MR) is 74.9 cm³/mol. The fourth-order valence-corrected chi connectivity index (χ4v) is 2.75. The zero-order chi connectivity index (χ0) is 14.7. The van der Waals surface area contributed by atoms with Gasteiger partial charge in [-0.2, -0.15) is 0 Å². The number of nitrogens with zero attached hydrogens (tertiary/aromatic N) is 3. The highest BCUT2D eigenvalue weighted by Gasteiger charge is 2.47. The number of hydrogen-bond donors (Lipinski definition) is 2. The first-order chi connectivity index (χ1) is 10.2. The molecule has 3 aliphatic heterocycles. The van der Waals surface area contributed by atoms with Gasteiger partial charge in [-0.3, -0.25) is 0 Å². The number of aliphatic imine (C=N–C) groups is 1. The van der Waals surface area contributed by atoms with Crippen LogP contribution >= 0.6 is 0 Å². The molecule has 0 spiro atoms. The topological polar surface area (TPSA) is 86.6 Å². The molecule has 21 heavy (non-hydrogen) atoms. The molecule has 3 aliphatic rings. The van der Waals surface area contributed by atoms with Gasteiger partial charge in [0.05, 0.1) is 26.4 Å². The van der Waals surface area contributed by atoms with Crippen LogP contribution in [0.15, 0.2) is 16.9 Å². The highest BCUT2D eigenvalue weighted by atomic mass is 16.5. The first-order valence-electron chi connectivity index (χ1n) is 7.15. The van der Waals surface area contributed by atoms with Crippen LogP contribution in [0.1, 0.15) is 0 Å². The van der Waals surface area contributed by atoms with E-state index in [4.69, 9.17) is 9.47 Å². The van der Waals surface area contributed by atoms with Gasteiger partial charge in [0, 0.05) is 32.4 Å². The molecule has 0 radical (unpaired) electrons. The molecule has 1 unspecified atom stereocenters. The van der Waals surface area contributed by atoms with Crippen LogP contribution in [0.5, 0.6) is 0 Å². The first-order valence-corrected chi connectivity index (χ1v) is 7.15. The highest BCUT2D eigenvalue weighted by Crippen LogP contribution is 2.22. The molecule has 8 heteroatoms. The van der Waals surface area contributed by atoms with Gasteiger partial charge in [-0.05, 0) is 6.08 Å². The molecule has 116 valence electrons. The van der Waals surface area contributed by atoms with Gasteiger partial charge < -0.3 is 24.8 Å². The summed E-state index contributed by atoms with van der Waals surface area (Å²) in [6.07, 6.45) is 3.39. The van der Waals surface area contributed by atoms with Gasteiger partial charge >= 0.3 is 5.97 Å². The number of ether oxygens (including phenoxy) is 2. The van der Waals surface area contributed by atoms with Crippen molar-refractivity contribution in [2.75, 3.05) is 52.6 Å². The van der Waals surface area contributed by atoms with E-state index < -0.39 is 11.8 Å². The van der Waals surface area contributed by atoms with Gasteiger partial charge in [0.1, 0.15) is 5.82 Å².